The smallest absolute Gasteiger partial charge is 0.226 e. The molecule has 124 valence electrons. The van der Waals surface area contributed by atoms with E-state index < -0.39 is 0 Å². The summed E-state index contributed by atoms with van der Waals surface area (Å²) in [6, 6.07) is 10.4. The first-order chi connectivity index (χ1) is 11.6. The van der Waals surface area contributed by atoms with Crippen molar-refractivity contribution in [2.24, 2.45) is 5.41 Å². The summed E-state index contributed by atoms with van der Waals surface area (Å²) in [6.45, 7) is 2.58. The molecule has 0 spiro atoms. The van der Waals surface area contributed by atoms with Crippen molar-refractivity contribution < 1.29 is 9.32 Å². The third-order valence-corrected chi connectivity index (χ3v) is 4.89. The zero-order valence-electron chi connectivity index (χ0n) is 13.8. The van der Waals surface area contributed by atoms with Crippen molar-refractivity contribution in [3.05, 3.63) is 53.5 Å². The van der Waals surface area contributed by atoms with Crippen LogP contribution in [0.5, 0.6) is 0 Å². The van der Waals surface area contributed by atoms with Crippen LogP contribution in [0.1, 0.15) is 36.7 Å². The lowest BCUT2D eigenvalue weighted by molar-refractivity contribution is -0.125. The van der Waals surface area contributed by atoms with Gasteiger partial charge in [-0.05, 0) is 48.8 Å². The van der Waals surface area contributed by atoms with Crippen molar-refractivity contribution in [2.75, 3.05) is 0 Å². The van der Waals surface area contributed by atoms with Gasteiger partial charge in [0.2, 0.25) is 5.91 Å². The Morgan fingerprint density at radius 2 is 2.17 bits per heavy atom. The second-order valence-electron chi connectivity index (χ2n) is 6.95. The minimum atomic E-state index is -0.125. The number of aromatic nitrogens is 2. The molecule has 1 aliphatic rings. The van der Waals surface area contributed by atoms with Gasteiger partial charge in [0.15, 0.2) is 0 Å². The molecule has 2 heterocycles. The van der Waals surface area contributed by atoms with Gasteiger partial charge in [0.25, 0.3) is 0 Å². The molecular formula is C19H21N3O2. The molecule has 3 aromatic rings. The van der Waals surface area contributed by atoms with Crippen molar-refractivity contribution in [2.45, 2.75) is 39.2 Å². The fourth-order valence-electron chi connectivity index (χ4n) is 2.93. The number of amides is 1. The Labute approximate surface area is 140 Å². The predicted octanol–water partition coefficient (Wildman–Crippen LogP) is 3.36. The summed E-state index contributed by atoms with van der Waals surface area (Å²) in [5.41, 5.74) is 4.25. The number of H-pyrrole nitrogens is 1. The highest BCUT2D eigenvalue weighted by atomic mass is 16.5. The van der Waals surface area contributed by atoms with Crippen molar-refractivity contribution in [3.8, 4) is 0 Å². The van der Waals surface area contributed by atoms with Gasteiger partial charge < -0.3 is 14.8 Å². The van der Waals surface area contributed by atoms with E-state index in [0.29, 0.717) is 6.54 Å². The van der Waals surface area contributed by atoms with E-state index in [1.54, 1.807) is 6.26 Å². The molecule has 4 rings (SSSR count). The lowest BCUT2D eigenvalue weighted by atomic mass is 10.1. The Morgan fingerprint density at radius 3 is 2.92 bits per heavy atom. The molecule has 2 N–H and O–H groups in total. The van der Waals surface area contributed by atoms with Crippen molar-refractivity contribution in [3.63, 3.8) is 0 Å². The van der Waals surface area contributed by atoms with Crippen molar-refractivity contribution in [1.29, 1.82) is 0 Å². The van der Waals surface area contributed by atoms with Gasteiger partial charge in [-0.2, -0.15) is 0 Å². The first-order valence-electron chi connectivity index (χ1n) is 8.40. The number of carbonyl (C=O) groups excluding carboxylic acids is 1. The SMILES string of the molecule is CC1(C(=O)NCc2cc3ccc(CCc4ccon4)cc3[nH]2)CC1. The molecule has 24 heavy (non-hydrogen) atoms. The summed E-state index contributed by atoms with van der Waals surface area (Å²) >= 11 is 0. The molecule has 1 aliphatic carbocycles. The number of benzene rings is 1. The average molecular weight is 323 g/mol. The molecule has 0 saturated heterocycles. The van der Waals surface area contributed by atoms with Crippen LogP contribution in [0, 0.1) is 5.41 Å². The van der Waals surface area contributed by atoms with E-state index in [1.807, 2.05) is 13.0 Å². The number of nitrogens with one attached hydrogen (secondary N) is 2. The van der Waals surface area contributed by atoms with Crippen LogP contribution in [-0.2, 0) is 24.2 Å². The highest BCUT2D eigenvalue weighted by molar-refractivity contribution is 5.85. The van der Waals surface area contributed by atoms with Crippen LogP contribution in [0.4, 0.5) is 0 Å². The molecule has 5 heteroatoms. The second kappa shape index (κ2) is 5.82. The van der Waals surface area contributed by atoms with Crippen LogP contribution < -0.4 is 5.32 Å². The summed E-state index contributed by atoms with van der Waals surface area (Å²) in [6.07, 6.45) is 5.39. The Bertz CT molecular complexity index is 860. The van der Waals surface area contributed by atoms with Gasteiger partial charge in [0, 0.05) is 22.7 Å². The first kappa shape index (κ1) is 15.0. The zero-order chi connectivity index (χ0) is 16.6. The first-order valence-corrected chi connectivity index (χ1v) is 8.40. The van der Waals surface area contributed by atoms with E-state index in [1.165, 1.54) is 10.9 Å². The molecule has 1 fully saturated rings. The van der Waals surface area contributed by atoms with Gasteiger partial charge >= 0.3 is 0 Å². The summed E-state index contributed by atoms with van der Waals surface area (Å²) in [4.78, 5) is 15.4. The third-order valence-electron chi connectivity index (χ3n) is 4.89. The van der Waals surface area contributed by atoms with E-state index >= 15 is 0 Å². The van der Waals surface area contributed by atoms with Gasteiger partial charge in [0.1, 0.15) is 6.26 Å². The van der Waals surface area contributed by atoms with Gasteiger partial charge in [-0.15, -0.1) is 0 Å². The molecule has 0 unspecified atom stereocenters. The normalized spacial score (nSPS) is 15.5. The molecular weight excluding hydrogens is 302 g/mol. The predicted molar refractivity (Wildman–Crippen MR) is 91.4 cm³/mol. The quantitative estimate of drug-likeness (QED) is 0.731. The number of rotatable bonds is 6. The Hall–Kier alpha value is -2.56. The number of aryl methyl sites for hydroxylation is 2. The maximum absolute atomic E-state index is 12.0. The zero-order valence-corrected chi connectivity index (χ0v) is 13.8. The fourth-order valence-corrected chi connectivity index (χ4v) is 2.93. The second-order valence-corrected chi connectivity index (χ2v) is 6.95. The number of aromatic amines is 1. The van der Waals surface area contributed by atoms with Crippen LogP contribution >= 0.6 is 0 Å². The molecule has 0 aliphatic heterocycles. The average Bonchev–Trinajstić information content (AvgIpc) is 3.03. The maximum Gasteiger partial charge on any atom is 0.226 e. The van der Waals surface area contributed by atoms with Gasteiger partial charge in [-0.25, -0.2) is 0 Å². The monoisotopic (exact) mass is 323 g/mol. The Kier molecular flexibility index (Phi) is 3.63. The van der Waals surface area contributed by atoms with E-state index in [9.17, 15) is 4.79 Å². The van der Waals surface area contributed by atoms with Crippen molar-refractivity contribution >= 4 is 16.8 Å². The maximum atomic E-state index is 12.0. The summed E-state index contributed by atoms with van der Waals surface area (Å²) in [5.74, 6) is 0.162. The number of fused-ring (bicyclic) bond motifs is 1. The van der Waals surface area contributed by atoms with Crippen LogP contribution in [0.25, 0.3) is 10.9 Å². The summed E-state index contributed by atoms with van der Waals surface area (Å²) < 4.78 is 4.86. The standard InChI is InChI=1S/C19H21N3O2/c1-19(7-8-19)18(23)20-12-16-11-14-4-2-13(10-17(14)21-16)3-5-15-6-9-24-22-15/h2,4,6,9-11,21H,3,5,7-8,12H2,1H3,(H,20,23). The summed E-state index contributed by atoms with van der Waals surface area (Å²) in [7, 11) is 0. The third kappa shape index (κ3) is 3.07. The molecule has 1 saturated carbocycles. The molecule has 1 amide bonds. The summed E-state index contributed by atoms with van der Waals surface area (Å²) in [5, 5.41) is 8.14. The van der Waals surface area contributed by atoms with Gasteiger partial charge in [-0.3, -0.25) is 4.79 Å². The molecule has 2 aromatic heterocycles. The van der Waals surface area contributed by atoms with Crippen LogP contribution in [0.2, 0.25) is 0 Å². The lowest BCUT2D eigenvalue weighted by Gasteiger charge is -2.08. The molecule has 0 atom stereocenters. The molecule has 1 aromatic carbocycles. The highest BCUT2D eigenvalue weighted by Crippen LogP contribution is 2.45. The Morgan fingerprint density at radius 1 is 1.29 bits per heavy atom. The largest absolute Gasteiger partial charge is 0.365 e. The number of nitrogens with zero attached hydrogens (tertiary/aromatic N) is 1. The molecule has 5 nitrogen and oxygen atoms in total. The van der Waals surface area contributed by atoms with Crippen LogP contribution in [-0.4, -0.2) is 16.0 Å². The van der Waals surface area contributed by atoms with E-state index in [2.05, 4.69) is 39.7 Å². The minimum absolute atomic E-state index is 0.125. The van der Waals surface area contributed by atoms with Crippen molar-refractivity contribution in [1.82, 2.24) is 15.5 Å². The Balaban J connectivity index is 1.42. The number of hydrogen-bond acceptors (Lipinski definition) is 3. The fraction of sp³-hybridized carbons (Fsp3) is 0.368. The topological polar surface area (TPSA) is 70.9 Å². The number of hydrogen-bond donors (Lipinski definition) is 2. The van der Waals surface area contributed by atoms with Crippen LogP contribution in [0.3, 0.4) is 0 Å². The van der Waals surface area contributed by atoms with Gasteiger partial charge in [0.05, 0.1) is 12.2 Å². The van der Waals surface area contributed by atoms with Gasteiger partial charge in [-0.1, -0.05) is 24.2 Å². The molecule has 0 radical (unpaired) electrons. The van der Waals surface area contributed by atoms with E-state index in [0.717, 1.165) is 42.6 Å². The minimum Gasteiger partial charge on any atom is -0.365 e. The van der Waals surface area contributed by atoms with E-state index in [-0.39, 0.29) is 11.3 Å². The van der Waals surface area contributed by atoms with Crippen LogP contribution in [0.15, 0.2) is 41.1 Å². The molecule has 0 bridgehead atoms. The highest BCUT2D eigenvalue weighted by Gasteiger charge is 2.44. The lowest BCUT2D eigenvalue weighted by Crippen LogP contribution is -2.29. The number of carbonyl (C=O) groups is 1. The van der Waals surface area contributed by atoms with E-state index in [4.69, 9.17) is 4.52 Å².